The van der Waals surface area contributed by atoms with Crippen LogP contribution in [0.15, 0.2) is 30.3 Å². The molecule has 6 nitrogen and oxygen atoms in total. The fourth-order valence-electron chi connectivity index (χ4n) is 3.07. The second-order valence-electron chi connectivity index (χ2n) is 5.84. The number of nitrogens with zero attached hydrogens (tertiary/aromatic N) is 2. The number of rotatable bonds is 5. The molecule has 22 heavy (non-hydrogen) atoms. The molecule has 0 saturated carbocycles. The second-order valence-corrected chi connectivity index (χ2v) is 6.54. The molecule has 3 N–H and O–H groups in total. The quantitative estimate of drug-likeness (QED) is 0.359. The molecule has 120 valence electrons. The zero-order valence-corrected chi connectivity index (χ0v) is 13.1. The van der Waals surface area contributed by atoms with E-state index in [2.05, 4.69) is 15.3 Å². The number of nitrogens with one attached hydrogen (secondary N) is 1. The predicted octanol–water partition coefficient (Wildman–Crippen LogP) is 0.589. The summed E-state index contributed by atoms with van der Waals surface area (Å²) in [5.74, 6) is -0.311. The Bertz CT molecular complexity index is 522. The van der Waals surface area contributed by atoms with Crippen molar-refractivity contribution in [3.8, 4) is 0 Å². The molecule has 3 heterocycles. The molecule has 2 bridgehead atoms. The van der Waals surface area contributed by atoms with Gasteiger partial charge in [-0.2, -0.15) is 0 Å². The van der Waals surface area contributed by atoms with Gasteiger partial charge in [0, 0.05) is 44.7 Å². The summed E-state index contributed by atoms with van der Waals surface area (Å²) in [5.41, 5.74) is 8.91. The van der Waals surface area contributed by atoms with Gasteiger partial charge in [-0.05, 0) is 12.1 Å². The Kier molecular flexibility index (Phi) is 4.65. The van der Waals surface area contributed by atoms with Gasteiger partial charge in [-0.25, -0.2) is 5.48 Å². The van der Waals surface area contributed by atoms with Crippen LogP contribution in [0.2, 0.25) is 0 Å². The Balaban J connectivity index is 1.50. The molecule has 1 aromatic rings. The maximum absolute atomic E-state index is 11.9. The number of nitrogens with two attached hydrogens (primary N) is 1. The number of alkyl halides is 1. The van der Waals surface area contributed by atoms with E-state index in [0.29, 0.717) is 12.0 Å². The van der Waals surface area contributed by atoms with Gasteiger partial charge in [-0.15, -0.1) is 11.6 Å². The third-order valence-electron chi connectivity index (χ3n) is 4.26. The van der Waals surface area contributed by atoms with Crippen molar-refractivity contribution in [3.05, 3.63) is 35.9 Å². The van der Waals surface area contributed by atoms with E-state index < -0.39 is 11.2 Å². The molecule has 3 fully saturated rings. The number of carbonyl (C=O) groups is 1. The lowest BCUT2D eigenvalue weighted by atomic mass is 10.0. The van der Waals surface area contributed by atoms with Gasteiger partial charge in [0.2, 0.25) is 0 Å². The SMILES string of the molecule is NC(CC1(Cl)CN2CCN1CC2)ONC(=O)c1ccccc1. The van der Waals surface area contributed by atoms with Gasteiger partial charge < -0.3 is 5.73 Å². The van der Waals surface area contributed by atoms with Crippen molar-refractivity contribution < 1.29 is 9.63 Å². The van der Waals surface area contributed by atoms with Gasteiger partial charge in [0.15, 0.2) is 0 Å². The molecule has 0 spiro atoms. The summed E-state index contributed by atoms with van der Waals surface area (Å²) in [4.78, 5) is 21.3. The number of hydrogen-bond acceptors (Lipinski definition) is 5. The topological polar surface area (TPSA) is 70.8 Å². The second kappa shape index (κ2) is 6.52. The van der Waals surface area contributed by atoms with Crippen LogP contribution in [-0.4, -0.2) is 59.7 Å². The van der Waals surface area contributed by atoms with Gasteiger partial charge in [0.1, 0.15) is 11.2 Å². The lowest BCUT2D eigenvalue weighted by Crippen LogP contribution is -2.67. The highest BCUT2D eigenvalue weighted by Crippen LogP contribution is 2.33. The standard InChI is InChI=1S/C15H21ClN4O2/c16-15(11-19-6-8-20(15)9-7-19)10-13(17)22-18-14(21)12-4-2-1-3-5-12/h1-5,13H,6-11,17H2,(H,18,21). The Morgan fingerprint density at radius 1 is 1.32 bits per heavy atom. The number of halogens is 1. The van der Waals surface area contributed by atoms with Crippen LogP contribution < -0.4 is 11.2 Å². The average molecular weight is 325 g/mol. The summed E-state index contributed by atoms with van der Waals surface area (Å²) in [7, 11) is 0. The molecule has 3 aliphatic heterocycles. The van der Waals surface area contributed by atoms with Crippen molar-refractivity contribution in [3.63, 3.8) is 0 Å². The van der Waals surface area contributed by atoms with Crippen LogP contribution in [0.3, 0.4) is 0 Å². The minimum atomic E-state index is -0.647. The van der Waals surface area contributed by atoms with Crippen LogP contribution in [0.4, 0.5) is 0 Å². The van der Waals surface area contributed by atoms with Crippen molar-refractivity contribution in [2.24, 2.45) is 5.73 Å². The van der Waals surface area contributed by atoms with Gasteiger partial charge in [0.25, 0.3) is 5.91 Å². The van der Waals surface area contributed by atoms with E-state index >= 15 is 0 Å². The summed E-state index contributed by atoms with van der Waals surface area (Å²) in [5, 5.41) is 0. The molecule has 4 rings (SSSR count). The molecule has 0 aliphatic carbocycles. The van der Waals surface area contributed by atoms with Crippen LogP contribution in [-0.2, 0) is 4.84 Å². The van der Waals surface area contributed by atoms with Crippen molar-refractivity contribution in [1.82, 2.24) is 15.3 Å². The van der Waals surface area contributed by atoms with Crippen LogP contribution in [0.25, 0.3) is 0 Å². The number of benzene rings is 1. The zero-order valence-electron chi connectivity index (χ0n) is 12.4. The first-order valence-electron chi connectivity index (χ1n) is 7.50. The van der Waals surface area contributed by atoms with E-state index in [4.69, 9.17) is 22.2 Å². The number of hydroxylamine groups is 1. The van der Waals surface area contributed by atoms with Gasteiger partial charge in [-0.1, -0.05) is 18.2 Å². The predicted molar refractivity (Wildman–Crippen MR) is 84.2 cm³/mol. The van der Waals surface area contributed by atoms with Crippen LogP contribution in [0, 0.1) is 0 Å². The van der Waals surface area contributed by atoms with Crippen molar-refractivity contribution in [2.75, 3.05) is 32.7 Å². The summed E-state index contributed by atoms with van der Waals surface area (Å²) < 4.78 is 0. The molecule has 3 saturated heterocycles. The van der Waals surface area contributed by atoms with E-state index in [9.17, 15) is 4.79 Å². The van der Waals surface area contributed by atoms with E-state index in [1.807, 2.05) is 6.07 Å². The van der Waals surface area contributed by atoms with E-state index in [1.165, 1.54) is 0 Å². The summed E-state index contributed by atoms with van der Waals surface area (Å²) >= 11 is 6.71. The molecule has 0 aromatic heterocycles. The van der Waals surface area contributed by atoms with Gasteiger partial charge in [-0.3, -0.25) is 19.4 Å². The first kappa shape index (κ1) is 15.7. The minimum Gasteiger partial charge on any atom is -0.304 e. The highest BCUT2D eigenvalue weighted by molar-refractivity contribution is 6.24. The molecule has 1 aromatic carbocycles. The molecular weight excluding hydrogens is 304 g/mol. The minimum absolute atomic E-state index is 0.311. The fourth-order valence-corrected chi connectivity index (χ4v) is 3.56. The summed E-state index contributed by atoms with van der Waals surface area (Å²) in [6.45, 7) is 4.78. The van der Waals surface area contributed by atoms with E-state index in [-0.39, 0.29) is 5.91 Å². The Morgan fingerprint density at radius 3 is 2.59 bits per heavy atom. The average Bonchev–Trinajstić information content (AvgIpc) is 2.54. The van der Waals surface area contributed by atoms with Gasteiger partial charge >= 0.3 is 0 Å². The highest BCUT2D eigenvalue weighted by atomic mass is 35.5. The monoisotopic (exact) mass is 324 g/mol. The molecule has 2 unspecified atom stereocenters. The first-order chi connectivity index (χ1) is 10.6. The summed E-state index contributed by atoms with van der Waals surface area (Å²) in [6.07, 6.45) is -0.189. The summed E-state index contributed by atoms with van der Waals surface area (Å²) in [6, 6.07) is 8.87. The Morgan fingerprint density at radius 2 is 2.00 bits per heavy atom. The first-order valence-corrected chi connectivity index (χ1v) is 7.88. The third-order valence-corrected chi connectivity index (χ3v) is 4.77. The zero-order chi connectivity index (χ0) is 15.6. The molecule has 0 radical (unpaired) electrons. The Labute approximate surface area is 135 Å². The maximum Gasteiger partial charge on any atom is 0.274 e. The Hall–Kier alpha value is -1.18. The number of carbonyl (C=O) groups excluding carboxylic acids is 1. The normalized spacial score (nSPS) is 31.7. The lowest BCUT2D eigenvalue weighted by molar-refractivity contribution is -0.0651. The van der Waals surface area contributed by atoms with Crippen LogP contribution in [0.5, 0.6) is 0 Å². The largest absolute Gasteiger partial charge is 0.304 e. The number of fused-ring (bicyclic) bond motifs is 3. The molecule has 7 heteroatoms. The number of hydrogen-bond donors (Lipinski definition) is 2. The van der Waals surface area contributed by atoms with Crippen LogP contribution >= 0.6 is 11.6 Å². The number of amides is 1. The molecule has 3 aliphatic rings. The van der Waals surface area contributed by atoms with Crippen LogP contribution in [0.1, 0.15) is 16.8 Å². The highest BCUT2D eigenvalue weighted by Gasteiger charge is 2.44. The van der Waals surface area contributed by atoms with E-state index in [1.54, 1.807) is 24.3 Å². The van der Waals surface area contributed by atoms with Crippen molar-refractivity contribution >= 4 is 17.5 Å². The number of piperazine rings is 3. The molecular formula is C15H21ClN4O2. The lowest BCUT2D eigenvalue weighted by Gasteiger charge is -2.53. The van der Waals surface area contributed by atoms with E-state index in [0.717, 1.165) is 32.7 Å². The fraction of sp³-hybridized carbons (Fsp3) is 0.533. The smallest absolute Gasteiger partial charge is 0.274 e. The molecule has 2 atom stereocenters. The molecule has 1 amide bonds. The van der Waals surface area contributed by atoms with Crippen molar-refractivity contribution in [1.29, 1.82) is 0 Å². The van der Waals surface area contributed by atoms with Gasteiger partial charge in [0.05, 0.1) is 0 Å². The maximum atomic E-state index is 11.9. The van der Waals surface area contributed by atoms with Crippen molar-refractivity contribution in [2.45, 2.75) is 17.6 Å². The third kappa shape index (κ3) is 3.42.